The Labute approximate surface area is 140 Å². The van der Waals surface area contributed by atoms with Gasteiger partial charge >= 0.3 is 0 Å². The number of hydrogen-bond acceptors (Lipinski definition) is 2. The van der Waals surface area contributed by atoms with Crippen LogP contribution in [0.1, 0.15) is 23.9 Å². The van der Waals surface area contributed by atoms with E-state index in [4.69, 9.17) is 11.6 Å². The van der Waals surface area contributed by atoms with Gasteiger partial charge in [-0.15, -0.1) is 0 Å². The Morgan fingerprint density at radius 1 is 1.04 bits per heavy atom. The van der Waals surface area contributed by atoms with Crippen molar-refractivity contribution in [1.29, 1.82) is 0 Å². The minimum absolute atomic E-state index is 0.115. The van der Waals surface area contributed by atoms with Gasteiger partial charge in [0.1, 0.15) is 0 Å². The van der Waals surface area contributed by atoms with Crippen molar-refractivity contribution < 1.29 is 0 Å². The van der Waals surface area contributed by atoms with Crippen molar-refractivity contribution >= 4 is 11.6 Å². The van der Waals surface area contributed by atoms with E-state index < -0.39 is 5.41 Å². The maximum Gasteiger partial charge on any atom is 0.248 e. The van der Waals surface area contributed by atoms with Gasteiger partial charge in [-0.25, -0.2) is 0 Å². The summed E-state index contributed by atoms with van der Waals surface area (Å²) in [6, 6.07) is 19.1. The van der Waals surface area contributed by atoms with E-state index in [1.54, 1.807) is 12.3 Å². The van der Waals surface area contributed by atoms with Crippen molar-refractivity contribution in [1.82, 2.24) is 9.97 Å². The molecule has 0 radical (unpaired) electrons. The lowest BCUT2D eigenvalue weighted by Crippen LogP contribution is -2.31. The molecular formula is C19H17ClN2O. The van der Waals surface area contributed by atoms with Gasteiger partial charge in [-0.1, -0.05) is 48.0 Å². The number of benzene rings is 1. The van der Waals surface area contributed by atoms with Crippen LogP contribution < -0.4 is 5.56 Å². The van der Waals surface area contributed by atoms with Crippen LogP contribution in [0, 0.1) is 0 Å². The molecule has 23 heavy (non-hydrogen) atoms. The molecule has 116 valence electrons. The number of nitrogens with one attached hydrogen (secondary N) is 1. The Balaban J connectivity index is 2.12. The molecule has 0 bridgehead atoms. The average molecular weight is 325 g/mol. The summed E-state index contributed by atoms with van der Waals surface area (Å²) in [5.41, 5.74) is 2.32. The molecule has 1 aromatic carbocycles. The van der Waals surface area contributed by atoms with Gasteiger partial charge in [-0.3, -0.25) is 9.78 Å². The highest BCUT2D eigenvalue weighted by atomic mass is 35.5. The molecule has 0 aliphatic rings. The predicted octanol–water partition coefficient (Wildman–Crippen LogP) is 3.97. The molecule has 2 heterocycles. The van der Waals surface area contributed by atoms with Crippen molar-refractivity contribution in [3.63, 3.8) is 0 Å². The molecule has 0 spiro atoms. The monoisotopic (exact) mass is 324 g/mol. The number of H-pyrrole nitrogens is 1. The molecule has 1 N–H and O–H groups in total. The van der Waals surface area contributed by atoms with Gasteiger partial charge in [-0.05, 0) is 37.1 Å². The number of nitrogens with zero attached hydrogens (tertiary/aromatic N) is 1. The summed E-state index contributed by atoms with van der Waals surface area (Å²) in [7, 11) is 0. The Morgan fingerprint density at radius 2 is 1.83 bits per heavy atom. The third kappa shape index (κ3) is 3.35. The topological polar surface area (TPSA) is 45.8 Å². The molecule has 0 fully saturated rings. The van der Waals surface area contributed by atoms with Crippen molar-refractivity contribution in [2.75, 3.05) is 0 Å². The summed E-state index contributed by atoms with van der Waals surface area (Å²) in [5.74, 6) is 0. The van der Waals surface area contributed by atoms with Gasteiger partial charge in [0.25, 0.3) is 0 Å². The second-order valence-electron chi connectivity index (χ2n) is 5.78. The van der Waals surface area contributed by atoms with Gasteiger partial charge in [-0.2, -0.15) is 0 Å². The zero-order chi connectivity index (χ0) is 16.3. The largest absolute Gasteiger partial charge is 0.325 e. The second-order valence-corrected chi connectivity index (χ2v) is 6.22. The molecule has 0 amide bonds. The molecule has 3 nitrogen and oxygen atoms in total. The molecule has 1 atom stereocenters. The van der Waals surface area contributed by atoms with Crippen LogP contribution in [0.25, 0.3) is 0 Å². The Bertz CT molecular complexity index is 843. The van der Waals surface area contributed by atoms with Crippen LogP contribution in [0.3, 0.4) is 0 Å². The van der Waals surface area contributed by atoms with Crippen LogP contribution in [0.4, 0.5) is 0 Å². The van der Waals surface area contributed by atoms with E-state index >= 15 is 0 Å². The summed E-state index contributed by atoms with van der Waals surface area (Å²) in [5, 5.41) is 0.595. The fraction of sp³-hybridized carbons (Fsp3) is 0.158. The highest BCUT2D eigenvalue weighted by molar-refractivity contribution is 6.30. The molecule has 2 aromatic heterocycles. The fourth-order valence-corrected chi connectivity index (χ4v) is 2.91. The Kier molecular flexibility index (Phi) is 4.30. The lowest BCUT2D eigenvalue weighted by molar-refractivity contribution is 0.530. The quantitative estimate of drug-likeness (QED) is 0.789. The van der Waals surface area contributed by atoms with E-state index in [2.05, 4.69) is 29.0 Å². The molecule has 0 saturated heterocycles. The van der Waals surface area contributed by atoms with Crippen molar-refractivity contribution in [3.05, 3.63) is 99.2 Å². The van der Waals surface area contributed by atoms with Crippen LogP contribution in [0.5, 0.6) is 0 Å². The van der Waals surface area contributed by atoms with Gasteiger partial charge in [0.15, 0.2) is 0 Å². The van der Waals surface area contributed by atoms with E-state index in [0.29, 0.717) is 5.02 Å². The molecule has 3 rings (SSSR count). The summed E-state index contributed by atoms with van der Waals surface area (Å²) in [6.07, 6.45) is 2.36. The van der Waals surface area contributed by atoms with Crippen molar-refractivity contribution in [3.8, 4) is 0 Å². The normalized spacial score (nSPS) is 13.5. The fourth-order valence-electron chi connectivity index (χ4n) is 2.80. The molecule has 0 saturated carbocycles. The zero-order valence-corrected chi connectivity index (χ0v) is 13.5. The van der Waals surface area contributed by atoms with Gasteiger partial charge < -0.3 is 4.98 Å². The standard InChI is InChI=1S/C19H17ClN2O/c1-19(12-14-6-3-2-4-7-14,16-11-10-15(20)13-21-16)17-8-5-9-18(23)22-17/h2-11,13H,12H2,1H3,(H,22,23). The van der Waals surface area contributed by atoms with Gasteiger partial charge in [0.2, 0.25) is 5.56 Å². The first kappa shape index (κ1) is 15.5. The highest BCUT2D eigenvalue weighted by Crippen LogP contribution is 2.33. The number of rotatable bonds is 4. The maximum absolute atomic E-state index is 11.8. The number of aromatic amines is 1. The van der Waals surface area contributed by atoms with Crippen LogP contribution in [-0.4, -0.2) is 9.97 Å². The number of aromatic nitrogens is 2. The molecule has 0 aliphatic carbocycles. The van der Waals surface area contributed by atoms with Crippen LogP contribution in [-0.2, 0) is 11.8 Å². The summed E-state index contributed by atoms with van der Waals surface area (Å²) in [6.45, 7) is 2.08. The van der Waals surface area contributed by atoms with Crippen molar-refractivity contribution in [2.24, 2.45) is 0 Å². The highest BCUT2D eigenvalue weighted by Gasteiger charge is 2.31. The van der Waals surface area contributed by atoms with E-state index in [0.717, 1.165) is 17.8 Å². The third-order valence-electron chi connectivity index (χ3n) is 4.06. The summed E-state index contributed by atoms with van der Waals surface area (Å²) < 4.78 is 0. The second kappa shape index (κ2) is 6.39. The van der Waals surface area contributed by atoms with E-state index in [9.17, 15) is 4.79 Å². The van der Waals surface area contributed by atoms with Gasteiger partial charge in [0, 0.05) is 18.0 Å². The lowest BCUT2D eigenvalue weighted by Gasteiger charge is -2.29. The smallest absolute Gasteiger partial charge is 0.248 e. The first-order valence-electron chi connectivity index (χ1n) is 7.44. The first-order valence-corrected chi connectivity index (χ1v) is 7.81. The summed E-state index contributed by atoms with van der Waals surface area (Å²) in [4.78, 5) is 19.2. The molecular weight excluding hydrogens is 308 g/mol. The Morgan fingerprint density at radius 3 is 2.48 bits per heavy atom. The minimum Gasteiger partial charge on any atom is -0.325 e. The van der Waals surface area contributed by atoms with E-state index in [1.165, 1.54) is 11.6 Å². The number of halogens is 1. The molecule has 3 aromatic rings. The van der Waals surface area contributed by atoms with Crippen LogP contribution in [0.2, 0.25) is 5.02 Å². The van der Waals surface area contributed by atoms with Gasteiger partial charge in [0.05, 0.1) is 16.1 Å². The van der Waals surface area contributed by atoms with Crippen LogP contribution >= 0.6 is 11.6 Å². The molecule has 4 heteroatoms. The predicted molar refractivity (Wildman–Crippen MR) is 92.9 cm³/mol. The lowest BCUT2D eigenvalue weighted by atomic mass is 9.77. The number of pyridine rings is 2. The first-order chi connectivity index (χ1) is 11.1. The third-order valence-corrected chi connectivity index (χ3v) is 4.28. The minimum atomic E-state index is -0.452. The van der Waals surface area contributed by atoms with Crippen LogP contribution in [0.15, 0.2) is 71.7 Å². The summed E-state index contributed by atoms with van der Waals surface area (Å²) >= 11 is 5.97. The number of hydrogen-bond donors (Lipinski definition) is 1. The maximum atomic E-state index is 11.8. The average Bonchev–Trinajstić information content (AvgIpc) is 2.56. The SMILES string of the molecule is CC(Cc1ccccc1)(c1ccc(Cl)cn1)c1cccc(=O)[nH]1. The zero-order valence-electron chi connectivity index (χ0n) is 12.8. The molecule has 0 aliphatic heterocycles. The van der Waals surface area contributed by atoms with E-state index in [1.807, 2.05) is 36.4 Å². The molecule has 1 unspecified atom stereocenters. The Hall–Kier alpha value is -2.39. The van der Waals surface area contributed by atoms with E-state index in [-0.39, 0.29) is 5.56 Å². The van der Waals surface area contributed by atoms with Crippen molar-refractivity contribution in [2.45, 2.75) is 18.8 Å².